The first-order chi connectivity index (χ1) is 9.75. The molecular weight excluding hydrogens is 288 g/mol. The van der Waals surface area contributed by atoms with Gasteiger partial charge in [0.1, 0.15) is 10.7 Å². The minimum Gasteiger partial charge on any atom is -0.382 e. The molecule has 0 atom stereocenters. The molecule has 0 spiro atoms. The van der Waals surface area contributed by atoms with Crippen LogP contribution in [0.1, 0.15) is 49.7 Å². The topological polar surface area (TPSA) is 89.3 Å². The second kappa shape index (κ2) is 5.81. The summed E-state index contributed by atoms with van der Waals surface area (Å²) < 4.78 is 5.49. The van der Waals surface area contributed by atoms with Crippen LogP contribution in [0.25, 0.3) is 0 Å². The molecule has 0 aromatic carbocycles. The summed E-state index contributed by atoms with van der Waals surface area (Å²) in [5, 5.41) is 6.80. The highest BCUT2D eigenvalue weighted by Crippen LogP contribution is 2.34. The molecule has 118 valence electrons. The molecule has 7 heteroatoms. The van der Waals surface area contributed by atoms with Gasteiger partial charge in [-0.15, -0.1) is 0 Å². The predicted octanol–water partition coefficient (Wildman–Crippen LogP) is 2.23. The van der Waals surface area contributed by atoms with E-state index in [0.717, 1.165) is 19.3 Å². The zero-order valence-corrected chi connectivity index (χ0v) is 13.9. The van der Waals surface area contributed by atoms with Gasteiger partial charge in [0.25, 0.3) is 5.91 Å². The Morgan fingerprint density at radius 3 is 2.62 bits per heavy atom. The number of carbonyl (C=O) groups excluding carboxylic acids is 1. The van der Waals surface area contributed by atoms with Crippen molar-refractivity contribution in [2.45, 2.75) is 51.2 Å². The molecule has 0 saturated heterocycles. The summed E-state index contributed by atoms with van der Waals surface area (Å²) in [7, 11) is 1.69. The lowest BCUT2D eigenvalue weighted by atomic mass is 9.80. The van der Waals surface area contributed by atoms with E-state index < -0.39 is 0 Å². The van der Waals surface area contributed by atoms with E-state index in [0.29, 0.717) is 16.6 Å². The maximum Gasteiger partial charge on any atom is 0.265 e. The van der Waals surface area contributed by atoms with Crippen LogP contribution in [0.5, 0.6) is 0 Å². The molecule has 4 N–H and O–H groups in total. The molecule has 1 fully saturated rings. The van der Waals surface area contributed by atoms with Gasteiger partial charge >= 0.3 is 0 Å². The van der Waals surface area contributed by atoms with Crippen LogP contribution in [0.3, 0.4) is 0 Å². The Bertz CT molecular complexity index is 512. The number of carbonyl (C=O) groups is 1. The van der Waals surface area contributed by atoms with Crippen molar-refractivity contribution in [2.75, 3.05) is 24.7 Å². The molecule has 1 aliphatic carbocycles. The second-order valence-corrected chi connectivity index (χ2v) is 7.53. The number of anilines is 2. The first-order valence-corrected chi connectivity index (χ1v) is 7.94. The Morgan fingerprint density at radius 2 is 2.14 bits per heavy atom. The number of methoxy groups -OCH3 is 1. The molecule has 0 radical (unpaired) electrons. The molecule has 6 nitrogen and oxygen atoms in total. The first kappa shape index (κ1) is 16.0. The van der Waals surface area contributed by atoms with Crippen molar-refractivity contribution in [3.63, 3.8) is 0 Å². The van der Waals surface area contributed by atoms with Crippen LogP contribution >= 0.6 is 11.3 Å². The van der Waals surface area contributed by atoms with Gasteiger partial charge in [0.15, 0.2) is 5.13 Å². The largest absolute Gasteiger partial charge is 0.382 e. The number of nitrogen functional groups attached to an aromatic ring is 1. The van der Waals surface area contributed by atoms with Crippen molar-refractivity contribution < 1.29 is 9.53 Å². The molecule has 1 aliphatic rings. The molecule has 1 aromatic heterocycles. The van der Waals surface area contributed by atoms with Gasteiger partial charge in [-0.1, -0.05) is 11.3 Å². The fourth-order valence-electron chi connectivity index (χ4n) is 2.21. The van der Waals surface area contributed by atoms with E-state index in [1.807, 2.05) is 20.8 Å². The third-order valence-electron chi connectivity index (χ3n) is 3.61. The molecule has 0 aliphatic heterocycles. The highest BCUT2D eigenvalue weighted by molar-refractivity contribution is 7.18. The Balaban J connectivity index is 1.99. The zero-order chi connectivity index (χ0) is 15.7. The molecule has 1 amide bonds. The third kappa shape index (κ3) is 3.85. The van der Waals surface area contributed by atoms with Crippen molar-refractivity contribution in [3.8, 4) is 0 Å². The lowest BCUT2D eigenvalue weighted by Crippen LogP contribution is -2.49. The maximum absolute atomic E-state index is 12.2. The number of nitrogens with two attached hydrogens (primary N) is 1. The summed E-state index contributed by atoms with van der Waals surface area (Å²) in [5.41, 5.74) is 5.53. The van der Waals surface area contributed by atoms with Gasteiger partial charge in [-0.05, 0) is 40.0 Å². The molecule has 1 heterocycles. The number of ether oxygens (including phenoxy) is 1. The summed E-state index contributed by atoms with van der Waals surface area (Å²) in [4.78, 5) is 16.9. The van der Waals surface area contributed by atoms with E-state index in [1.165, 1.54) is 11.3 Å². The predicted molar refractivity (Wildman–Crippen MR) is 85.8 cm³/mol. The van der Waals surface area contributed by atoms with Crippen LogP contribution in [0.15, 0.2) is 0 Å². The minimum absolute atomic E-state index is 0.121. The highest BCUT2D eigenvalue weighted by atomic mass is 32.1. The zero-order valence-electron chi connectivity index (χ0n) is 13.1. The van der Waals surface area contributed by atoms with Crippen molar-refractivity contribution in [2.24, 2.45) is 0 Å². The summed E-state index contributed by atoms with van der Waals surface area (Å²) in [6.45, 7) is 6.61. The Morgan fingerprint density at radius 1 is 1.48 bits per heavy atom. The number of nitrogens with zero attached hydrogens (tertiary/aromatic N) is 1. The van der Waals surface area contributed by atoms with Gasteiger partial charge in [-0.25, -0.2) is 4.98 Å². The minimum atomic E-state index is -0.193. The third-order valence-corrected chi connectivity index (χ3v) is 4.60. The molecule has 2 rings (SSSR count). The van der Waals surface area contributed by atoms with Gasteiger partial charge in [0, 0.05) is 19.2 Å². The number of hydrogen-bond acceptors (Lipinski definition) is 6. The summed E-state index contributed by atoms with van der Waals surface area (Å²) >= 11 is 1.28. The fraction of sp³-hybridized carbons (Fsp3) is 0.714. The van der Waals surface area contributed by atoms with Crippen LogP contribution in [0.4, 0.5) is 10.9 Å². The number of aromatic nitrogens is 1. The first-order valence-electron chi connectivity index (χ1n) is 7.12. The normalized spacial score (nSPS) is 17.1. The van der Waals surface area contributed by atoms with Crippen LogP contribution in [0, 0.1) is 0 Å². The SMILES string of the molecule is COC1(CNC(=O)c2sc(NC(C)(C)C)nc2N)CCC1. The van der Waals surface area contributed by atoms with Crippen LogP contribution in [-0.2, 0) is 4.74 Å². The van der Waals surface area contributed by atoms with Gasteiger partial charge < -0.3 is 21.1 Å². The number of thiazole rings is 1. The van der Waals surface area contributed by atoms with Crippen LogP contribution in [0.2, 0.25) is 0 Å². The molecule has 0 bridgehead atoms. The second-order valence-electron chi connectivity index (χ2n) is 6.53. The monoisotopic (exact) mass is 312 g/mol. The molecule has 0 unspecified atom stereocenters. The van der Waals surface area contributed by atoms with E-state index in [-0.39, 0.29) is 22.9 Å². The molecule has 1 saturated carbocycles. The standard InChI is InChI=1S/C14H24N4O2S/c1-13(2,3)18-12-17-10(15)9(21-12)11(19)16-8-14(20-4)6-5-7-14/h5-8,15H2,1-4H3,(H,16,19)(H,17,18). The van der Waals surface area contributed by atoms with E-state index in [4.69, 9.17) is 10.5 Å². The molecular formula is C14H24N4O2S. The van der Waals surface area contributed by atoms with Crippen LogP contribution < -0.4 is 16.4 Å². The number of hydrogen-bond donors (Lipinski definition) is 3. The van der Waals surface area contributed by atoms with Gasteiger partial charge in [0.2, 0.25) is 0 Å². The highest BCUT2D eigenvalue weighted by Gasteiger charge is 2.37. The van der Waals surface area contributed by atoms with Gasteiger partial charge in [0.05, 0.1) is 5.60 Å². The van der Waals surface area contributed by atoms with E-state index >= 15 is 0 Å². The Kier molecular flexibility index (Phi) is 4.43. The maximum atomic E-state index is 12.2. The Labute approximate surface area is 129 Å². The van der Waals surface area contributed by atoms with E-state index in [1.54, 1.807) is 7.11 Å². The van der Waals surface area contributed by atoms with Crippen LogP contribution in [-0.4, -0.2) is 35.7 Å². The lowest BCUT2D eigenvalue weighted by Gasteiger charge is -2.40. The number of nitrogens with one attached hydrogen (secondary N) is 2. The van der Waals surface area contributed by atoms with Crippen molar-refractivity contribution in [3.05, 3.63) is 4.88 Å². The molecule has 1 aromatic rings. The van der Waals surface area contributed by atoms with E-state index in [2.05, 4.69) is 15.6 Å². The summed E-state index contributed by atoms with van der Waals surface area (Å²) in [6, 6.07) is 0. The van der Waals surface area contributed by atoms with Crippen molar-refractivity contribution >= 4 is 28.2 Å². The number of rotatable bonds is 5. The summed E-state index contributed by atoms with van der Waals surface area (Å²) in [5.74, 6) is 0.0830. The lowest BCUT2D eigenvalue weighted by molar-refractivity contribution is -0.0679. The fourth-order valence-corrected chi connectivity index (χ4v) is 3.22. The quantitative estimate of drug-likeness (QED) is 0.776. The van der Waals surface area contributed by atoms with E-state index in [9.17, 15) is 4.79 Å². The van der Waals surface area contributed by atoms with Gasteiger partial charge in [-0.2, -0.15) is 0 Å². The Hall–Kier alpha value is -1.34. The average molecular weight is 312 g/mol. The van der Waals surface area contributed by atoms with Crippen molar-refractivity contribution in [1.82, 2.24) is 10.3 Å². The summed E-state index contributed by atoms with van der Waals surface area (Å²) in [6.07, 6.45) is 3.11. The number of amides is 1. The average Bonchev–Trinajstić information content (AvgIpc) is 2.66. The van der Waals surface area contributed by atoms with Crippen molar-refractivity contribution in [1.29, 1.82) is 0 Å². The molecule has 21 heavy (non-hydrogen) atoms. The van der Waals surface area contributed by atoms with Gasteiger partial charge in [-0.3, -0.25) is 4.79 Å². The smallest absolute Gasteiger partial charge is 0.265 e.